The van der Waals surface area contributed by atoms with Crippen LogP contribution in [0.25, 0.3) is 0 Å². The van der Waals surface area contributed by atoms with Crippen molar-refractivity contribution in [3.8, 4) is 0 Å². The third-order valence-corrected chi connectivity index (χ3v) is 6.54. The van der Waals surface area contributed by atoms with Crippen molar-refractivity contribution in [3.05, 3.63) is 57.3 Å². The topological polar surface area (TPSA) is 107 Å². The lowest BCUT2D eigenvalue weighted by Crippen LogP contribution is -2.49. The number of rotatable bonds is 13. The van der Waals surface area contributed by atoms with E-state index in [4.69, 9.17) is 15.0 Å². The molecule has 0 saturated heterocycles. The Bertz CT molecular complexity index is 1030. The van der Waals surface area contributed by atoms with Gasteiger partial charge in [-0.25, -0.2) is 0 Å². The number of carbonyl (C=O) groups excluding carboxylic acids is 2. The van der Waals surface area contributed by atoms with Crippen LogP contribution >= 0.6 is 11.3 Å². The Hall–Kier alpha value is -2.92. The monoisotopic (exact) mass is 558 g/mol. The van der Waals surface area contributed by atoms with Gasteiger partial charge < -0.3 is 24.8 Å². The van der Waals surface area contributed by atoms with Gasteiger partial charge in [-0.05, 0) is 48.9 Å². The van der Waals surface area contributed by atoms with Gasteiger partial charge in [-0.1, -0.05) is 44.0 Å². The van der Waals surface area contributed by atoms with Gasteiger partial charge in [0.2, 0.25) is 0 Å². The number of nitrogens with zero attached hydrogens (tertiary/aromatic N) is 1. The molecule has 0 aliphatic carbocycles. The van der Waals surface area contributed by atoms with E-state index in [-0.39, 0.29) is 12.3 Å². The highest BCUT2D eigenvalue weighted by Gasteiger charge is 2.29. The van der Waals surface area contributed by atoms with Crippen molar-refractivity contribution in [2.45, 2.75) is 64.1 Å². The quantitative estimate of drug-likeness (QED) is 0.287. The molecule has 1 aromatic heterocycles. The summed E-state index contributed by atoms with van der Waals surface area (Å²) in [5.41, 5.74) is 2.71. The Kier molecular flexibility index (Phi) is 13.5. The second kappa shape index (κ2) is 15.5. The number of hydrogen-bond donors (Lipinski definition) is 2. The van der Waals surface area contributed by atoms with Gasteiger partial charge in [0.1, 0.15) is 5.97 Å². The van der Waals surface area contributed by atoms with Gasteiger partial charge in [0.05, 0.1) is 45.0 Å². The average molecular weight is 559 g/mol. The summed E-state index contributed by atoms with van der Waals surface area (Å²) in [4.78, 5) is 34.4. The van der Waals surface area contributed by atoms with Gasteiger partial charge in [-0.15, -0.1) is 11.3 Å². The summed E-state index contributed by atoms with van der Waals surface area (Å²) in [5, 5.41) is 20.9. The van der Waals surface area contributed by atoms with Gasteiger partial charge in [0, 0.05) is 4.88 Å². The molecular weight excluding hydrogens is 521 g/mol. The van der Waals surface area contributed by atoms with E-state index in [1.807, 2.05) is 33.3 Å². The number of quaternary nitrogens is 1. The summed E-state index contributed by atoms with van der Waals surface area (Å²) in [6.07, 6.45) is 1.49. The smallest absolute Gasteiger partial charge is 0.430 e. The number of alkyl halides is 3. The predicted molar refractivity (Wildman–Crippen MR) is 139 cm³/mol. The zero-order valence-electron chi connectivity index (χ0n) is 22.3. The van der Waals surface area contributed by atoms with Gasteiger partial charge in [0.25, 0.3) is 5.91 Å². The van der Waals surface area contributed by atoms with Crippen LogP contribution in [0.2, 0.25) is 0 Å². The van der Waals surface area contributed by atoms with Gasteiger partial charge in [-0.3, -0.25) is 9.59 Å². The molecule has 1 amide bonds. The first kappa shape index (κ1) is 33.1. The van der Waals surface area contributed by atoms with Crippen molar-refractivity contribution in [3.63, 3.8) is 0 Å². The molecule has 0 bridgehead atoms. The van der Waals surface area contributed by atoms with Crippen molar-refractivity contribution in [1.82, 2.24) is 5.32 Å². The Labute approximate surface area is 225 Å². The Balaban J connectivity index is 0.000000905. The molecule has 38 heavy (non-hydrogen) atoms. The number of likely N-dealkylation sites (N-methyl/N-ethyl adjacent to an activating group) is 1. The fourth-order valence-electron chi connectivity index (χ4n) is 3.64. The van der Waals surface area contributed by atoms with Crippen LogP contribution in [0, 0.1) is 0 Å². The number of benzene rings is 1. The summed E-state index contributed by atoms with van der Waals surface area (Å²) in [5.74, 6) is -4.10. The zero-order chi connectivity index (χ0) is 28.9. The van der Waals surface area contributed by atoms with Crippen LogP contribution in [0.3, 0.4) is 0 Å². The number of aryl methyl sites for hydroxylation is 3. The lowest BCUT2D eigenvalue weighted by atomic mass is 10.0. The number of hydrogen-bond acceptors (Lipinski definition) is 5. The molecule has 0 spiro atoms. The minimum Gasteiger partial charge on any atom is -0.542 e. The molecular formula is C27H37F3N2O5S. The van der Waals surface area contributed by atoms with Crippen LogP contribution in [-0.4, -0.2) is 67.3 Å². The van der Waals surface area contributed by atoms with Crippen LogP contribution in [0.1, 0.15) is 58.3 Å². The minimum atomic E-state index is -5.19. The predicted octanol–water partition coefficient (Wildman–Crippen LogP) is 3.84. The van der Waals surface area contributed by atoms with Gasteiger partial charge >= 0.3 is 12.1 Å². The summed E-state index contributed by atoms with van der Waals surface area (Å²) >= 11 is 1.49. The van der Waals surface area contributed by atoms with Crippen molar-refractivity contribution < 1.29 is 42.3 Å². The molecule has 1 heterocycles. The van der Waals surface area contributed by atoms with E-state index in [1.54, 1.807) is 0 Å². The number of aliphatic carboxylic acids is 2. The summed E-state index contributed by atoms with van der Waals surface area (Å²) in [6.45, 7) is 2.78. The van der Waals surface area contributed by atoms with E-state index < -0.39 is 24.2 Å². The Morgan fingerprint density at radius 1 is 0.974 bits per heavy atom. The van der Waals surface area contributed by atoms with Crippen LogP contribution < -0.4 is 10.4 Å². The van der Waals surface area contributed by atoms with Crippen LogP contribution in [0.4, 0.5) is 13.2 Å². The first-order chi connectivity index (χ1) is 17.6. The number of carbonyl (C=O) groups is 3. The number of halogens is 3. The zero-order valence-corrected chi connectivity index (χ0v) is 23.1. The third kappa shape index (κ3) is 14.1. The van der Waals surface area contributed by atoms with Crippen LogP contribution in [0.5, 0.6) is 0 Å². The molecule has 2 aromatic rings. The van der Waals surface area contributed by atoms with Crippen molar-refractivity contribution in [1.29, 1.82) is 0 Å². The number of nitrogens with one attached hydrogen (secondary N) is 1. The van der Waals surface area contributed by atoms with E-state index in [0.29, 0.717) is 15.9 Å². The molecule has 0 aliphatic heterocycles. The normalized spacial score (nSPS) is 12.3. The van der Waals surface area contributed by atoms with Crippen molar-refractivity contribution in [2.75, 3.05) is 27.7 Å². The molecule has 2 N–H and O–H groups in total. The first-order valence-corrected chi connectivity index (χ1v) is 13.2. The summed E-state index contributed by atoms with van der Waals surface area (Å²) in [6, 6.07) is 12.3. The van der Waals surface area contributed by atoms with E-state index in [0.717, 1.165) is 19.3 Å². The molecule has 1 atom stereocenters. The van der Waals surface area contributed by atoms with Gasteiger partial charge in [0.15, 0.2) is 0 Å². The molecule has 7 nitrogen and oxygen atoms in total. The van der Waals surface area contributed by atoms with Gasteiger partial charge in [-0.2, -0.15) is 13.2 Å². The summed E-state index contributed by atoms with van der Waals surface area (Å²) in [7, 11) is 5.96. The highest BCUT2D eigenvalue weighted by Crippen LogP contribution is 2.20. The minimum absolute atomic E-state index is 0.0755. The molecule has 0 radical (unpaired) electrons. The molecule has 0 aliphatic rings. The van der Waals surface area contributed by atoms with Crippen molar-refractivity contribution in [2.24, 2.45) is 0 Å². The second-order valence-corrected chi connectivity index (χ2v) is 11.2. The number of carboxylic acid groups (broad SMARTS) is 2. The third-order valence-electron chi connectivity index (χ3n) is 5.39. The molecule has 2 rings (SSSR count). The Morgan fingerprint density at radius 2 is 1.53 bits per heavy atom. The number of unbranched alkanes of at least 4 members (excludes halogenated alkanes) is 2. The lowest BCUT2D eigenvalue weighted by molar-refractivity contribution is -0.871. The Morgan fingerprint density at radius 3 is 2.00 bits per heavy atom. The highest BCUT2D eigenvalue weighted by atomic mass is 32.1. The maximum atomic E-state index is 12.7. The largest absolute Gasteiger partial charge is 0.542 e. The summed E-state index contributed by atoms with van der Waals surface area (Å²) < 4.78 is 32.1. The highest BCUT2D eigenvalue weighted by molar-refractivity contribution is 7.14. The van der Waals surface area contributed by atoms with Crippen molar-refractivity contribution >= 4 is 29.2 Å². The molecule has 1 aromatic carbocycles. The fourth-order valence-corrected chi connectivity index (χ4v) is 4.55. The maximum Gasteiger partial charge on any atom is 0.430 e. The SMILES string of the molecule is CCCCCc1ccc(CCc2ccc(C(=O)N[C@H](CC(=O)O)C[N+](C)(C)C)s2)cc1.O=C([O-])C(F)(F)F. The number of carboxylic acids is 2. The maximum absolute atomic E-state index is 12.7. The number of thiophene rings is 1. The van der Waals surface area contributed by atoms with Crippen LogP contribution in [-0.2, 0) is 28.9 Å². The van der Waals surface area contributed by atoms with E-state index in [9.17, 15) is 22.8 Å². The molecule has 212 valence electrons. The number of amides is 1. The van der Waals surface area contributed by atoms with Crippen LogP contribution in [0.15, 0.2) is 36.4 Å². The van der Waals surface area contributed by atoms with E-state index >= 15 is 0 Å². The fraction of sp³-hybridized carbons (Fsp3) is 0.519. The van der Waals surface area contributed by atoms with E-state index in [2.05, 4.69) is 36.5 Å². The van der Waals surface area contributed by atoms with E-state index in [1.165, 1.54) is 46.6 Å². The standard InChI is InChI=1S/C25H36N2O3S.C2HF3O2/c1-5-6-7-8-19-9-11-20(12-10-19)13-14-22-15-16-23(31-22)25(30)26-21(17-24(28)29)18-27(2,3)4;3-2(4,5)1(6)7/h9-12,15-16,21H,5-8,13-14,17-18H2,1-4H3,(H-,26,28,29,30);(H,6,7)/t21-;/m1./s1. The lowest BCUT2D eigenvalue weighted by Gasteiger charge is -2.29. The average Bonchev–Trinajstić information content (AvgIpc) is 3.26. The molecule has 0 fully saturated rings. The first-order valence-electron chi connectivity index (χ1n) is 12.4. The molecule has 0 unspecified atom stereocenters. The second-order valence-electron chi connectivity index (χ2n) is 10.1. The molecule has 0 saturated carbocycles. The molecule has 11 heteroatoms.